The largest absolute Gasteiger partial charge is 0.306 e. The maximum atomic E-state index is 13.9. The fraction of sp³-hybridized carbons (Fsp3) is 0.292. The van der Waals surface area contributed by atoms with Crippen LogP contribution in [0.1, 0.15) is 19.4 Å². The molecule has 0 bridgehead atoms. The molecule has 3 heterocycles. The number of imide groups is 1. The molecule has 3 amide bonds. The highest BCUT2D eigenvalue weighted by Gasteiger charge is 2.71. The van der Waals surface area contributed by atoms with E-state index in [0.29, 0.717) is 17.3 Å². The molecule has 2 aromatic rings. The van der Waals surface area contributed by atoms with Gasteiger partial charge in [0.25, 0.3) is 5.91 Å². The van der Waals surface area contributed by atoms with Gasteiger partial charge in [-0.25, -0.2) is 4.90 Å². The van der Waals surface area contributed by atoms with E-state index in [1.807, 2.05) is 38.1 Å². The van der Waals surface area contributed by atoms with Crippen LogP contribution in [-0.4, -0.2) is 30.3 Å². The monoisotopic (exact) mass is 435 g/mol. The average molecular weight is 436 g/mol. The van der Waals surface area contributed by atoms with Crippen molar-refractivity contribution in [3.8, 4) is 0 Å². The van der Waals surface area contributed by atoms with Gasteiger partial charge in [-0.2, -0.15) is 0 Å². The first kappa shape index (κ1) is 20.0. The summed E-state index contributed by atoms with van der Waals surface area (Å²) in [7, 11) is 0. The first-order chi connectivity index (χ1) is 14.8. The zero-order valence-corrected chi connectivity index (χ0v) is 18.0. The molecule has 4 atom stereocenters. The Balaban J connectivity index is 1.67. The van der Waals surface area contributed by atoms with E-state index in [-0.39, 0.29) is 23.8 Å². The summed E-state index contributed by atoms with van der Waals surface area (Å²) in [6.07, 6.45) is 0. The van der Waals surface area contributed by atoms with Gasteiger partial charge in [-0.05, 0) is 38.1 Å². The molecule has 6 nitrogen and oxygen atoms in total. The van der Waals surface area contributed by atoms with Crippen molar-refractivity contribution in [2.24, 2.45) is 11.8 Å². The van der Waals surface area contributed by atoms with E-state index >= 15 is 0 Å². The van der Waals surface area contributed by atoms with Crippen molar-refractivity contribution in [1.29, 1.82) is 0 Å². The number of nitrogens with one attached hydrogen (secondary N) is 1. The standard InChI is InChI=1S/C24H22ClN3O3/c1-13(2)12-27-18-10-5-4-9-17(18)24(23(27)31)20-19(14(3)26-24)21(29)28(22(20)30)16-8-6-7-15(25)11-16/h4-11,14,19-20,26H,1,12H2,2-3H3/t14-,19-,20+,24+/m1/s1. The normalized spacial score (nSPS) is 29.1. The topological polar surface area (TPSA) is 69.7 Å². The number of carbonyl (C=O) groups excluding carboxylic acids is 3. The Bertz CT molecular complexity index is 1160. The summed E-state index contributed by atoms with van der Waals surface area (Å²) in [5.41, 5.74) is 1.46. The van der Waals surface area contributed by atoms with Crippen LogP contribution < -0.4 is 15.1 Å². The third-order valence-electron chi connectivity index (χ3n) is 6.51. The lowest BCUT2D eigenvalue weighted by Crippen LogP contribution is -2.55. The van der Waals surface area contributed by atoms with Crippen LogP contribution in [0.5, 0.6) is 0 Å². The number of para-hydroxylation sites is 1. The Hall–Kier alpha value is -2.96. The van der Waals surface area contributed by atoms with Gasteiger partial charge >= 0.3 is 0 Å². The number of anilines is 2. The molecule has 1 spiro atoms. The third kappa shape index (κ3) is 2.58. The van der Waals surface area contributed by atoms with E-state index in [1.165, 1.54) is 4.90 Å². The van der Waals surface area contributed by atoms with Crippen molar-refractivity contribution < 1.29 is 14.4 Å². The first-order valence-corrected chi connectivity index (χ1v) is 10.6. The number of hydrogen-bond acceptors (Lipinski definition) is 4. The Morgan fingerprint density at radius 2 is 1.87 bits per heavy atom. The molecule has 3 aliphatic rings. The highest BCUT2D eigenvalue weighted by atomic mass is 35.5. The molecule has 3 aliphatic heterocycles. The highest BCUT2D eigenvalue weighted by Crippen LogP contribution is 2.55. The SMILES string of the molecule is C=C(C)CN1C(=O)[C@]2(N[C@H](C)[C@H]3C(=O)N(c4cccc(Cl)c4)C(=O)[C@H]32)c2ccccc21. The lowest BCUT2D eigenvalue weighted by atomic mass is 9.76. The summed E-state index contributed by atoms with van der Waals surface area (Å²) in [6, 6.07) is 13.8. The zero-order chi connectivity index (χ0) is 22.1. The van der Waals surface area contributed by atoms with E-state index in [9.17, 15) is 14.4 Å². The van der Waals surface area contributed by atoms with Crippen LogP contribution in [0.15, 0.2) is 60.7 Å². The third-order valence-corrected chi connectivity index (χ3v) is 6.74. The van der Waals surface area contributed by atoms with Crippen LogP contribution >= 0.6 is 11.6 Å². The van der Waals surface area contributed by atoms with Gasteiger partial charge in [-0.15, -0.1) is 0 Å². The zero-order valence-electron chi connectivity index (χ0n) is 17.3. The summed E-state index contributed by atoms with van der Waals surface area (Å²) >= 11 is 6.12. The van der Waals surface area contributed by atoms with E-state index in [2.05, 4.69) is 11.9 Å². The number of carbonyl (C=O) groups is 3. The summed E-state index contributed by atoms with van der Waals surface area (Å²) in [4.78, 5) is 43.9. The van der Waals surface area contributed by atoms with Crippen LogP contribution in [0.25, 0.3) is 0 Å². The minimum Gasteiger partial charge on any atom is -0.306 e. The molecular formula is C24H22ClN3O3. The lowest BCUT2D eigenvalue weighted by molar-refractivity contribution is -0.132. The van der Waals surface area contributed by atoms with Gasteiger partial charge in [-0.3, -0.25) is 19.7 Å². The molecule has 0 saturated carbocycles. The Kier molecular flexibility index (Phi) is 4.36. The summed E-state index contributed by atoms with van der Waals surface area (Å²) in [5, 5.41) is 3.81. The molecule has 2 aromatic carbocycles. The van der Waals surface area contributed by atoms with Crippen molar-refractivity contribution in [2.75, 3.05) is 16.3 Å². The molecule has 2 fully saturated rings. The van der Waals surface area contributed by atoms with Crippen molar-refractivity contribution >= 4 is 40.7 Å². The van der Waals surface area contributed by atoms with E-state index in [1.54, 1.807) is 29.2 Å². The Morgan fingerprint density at radius 1 is 1.13 bits per heavy atom. The quantitative estimate of drug-likeness (QED) is 0.593. The lowest BCUT2D eigenvalue weighted by Gasteiger charge is -2.30. The number of rotatable bonds is 3. The minimum absolute atomic E-state index is 0.217. The predicted molar refractivity (Wildman–Crippen MR) is 119 cm³/mol. The van der Waals surface area contributed by atoms with Crippen molar-refractivity contribution in [2.45, 2.75) is 25.4 Å². The summed E-state index contributed by atoms with van der Waals surface area (Å²) in [5.74, 6) is -2.39. The second-order valence-electron chi connectivity index (χ2n) is 8.60. The van der Waals surface area contributed by atoms with Gasteiger partial charge in [0.2, 0.25) is 11.8 Å². The molecule has 0 radical (unpaired) electrons. The number of hydrogen-bond donors (Lipinski definition) is 1. The summed E-state index contributed by atoms with van der Waals surface area (Å²) in [6.45, 7) is 8.02. The predicted octanol–water partition coefficient (Wildman–Crippen LogP) is 3.26. The van der Waals surface area contributed by atoms with E-state index in [0.717, 1.165) is 16.8 Å². The van der Waals surface area contributed by atoms with E-state index in [4.69, 9.17) is 11.6 Å². The Labute approximate surface area is 185 Å². The van der Waals surface area contributed by atoms with Gasteiger partial charge in [0.05, 0.1) is 17.5 Å². The second kappa shape index (κ2) is 6.77. The second-order valence-corrected chi connectivity index (χ2v) is 9.04. The maximum absolute atomic E-state index is 13.9. The molecule has 31 heavy (non-hydrogen) atoms. The molecule has 0 unspecified atom stereocenters. The van der Waals surface area contributed by atoms with Crippen molar-refractivity contribution in [3.05, 3.63) is 71.3 Å². The number of benzene rings is 2. The van der Waals surface area contributed by atoms with Crippen LogP contribution in [0, 0.1) is 11.8 Å². The minimum atomic E-state index is -1.28. The molecule has 158 valence electrons. The van der Waals surface area contributed by atoms with Gasteiger partial charge in [0.1, 0.15) is 5.54 Å². The van der Waals surface area contributed by atoms with E-state index < -0.39 is 17.4 Å². The van der Waals surface area contributed by atoms with Crippen molar-refractivity contribution in [1.82, 2.24) is 5.32 Å². The number of nitrogens with zero attached hydrogens (tertiary/aromatic N) is 2. The molecule has 0 aliphatic carbocycles. The summed E-state index contributed by atoms with van der Waals surface area (Å²) < 4.78 is 0. The van der Waals surface area contributed by atoms with Gasteiger partial charge in [0.15, 0.2) is 0 Å². The fourth-order valence-electron chi connectivity index (χ4n) is 5.41. The molecule has 2 saturated heterocycles. The highest BCUT2D eigenvalue weighted by molar-refractivity contribution is 6.31. The van der Waals surface area contributed by atoms with Gasteiger partial charge in [0, 0.05) is 28.9 Å². The van der Waals surface area contributed by atoms with Crippen LogP contribution in [-0.2, 0) is 19.9 Å². The molecule has 0 aromatic heterocycles. The van der Waals surface area contributed by atoms with Crippen LogP contribution in [0.3, 0.4) is 0 Å². The van der Waals surface area contributed by atoms with Crippen molar-refractivity contribution in [3.63, 3.8) is 0 Å². The van der Waals surface area contributed by atoms with Gasteiger partial charge < -0.3 is 4.90 Å². The first-order valence-electron chi connectivity index (χ1n) is 10.2. The number of amides is 3. The molecule has 5 rings (SSSR count). The molecular weight excluding hydrogens is 414 g/mol. The Morgan fingerprint density at radius 3 is 2.58 bits per heavy atom. The molecule has 7 heteroatoms. The van der Waals surface area contributed by atoms with Gasteiger partial charge in [-0.1, -0.05) is 48.0 Å². The number of halogens is 1. The van der Waals surface area contributed by atoms with Crippen LogP contribution in [0.2, 0.25) is 5.02 Å². The maximum Gasteiger partial charge on any atom is 0.253 e. The van der Waals surface area contributed by atoms with Crippen LogP contribution in [0.4, 0.5) is 11.4 Å². The smallest absolute Gasteiger partial charge is 0.253 e. The average Bonchev–Trinajstić information content (AvgIpc) is 3.26. The number of fused-ring (bicyclic) bond motifs is 4. The fourth-order valence-corrected chi connectivity index (χ4v) is 5.59. The molecule has 1 N–H and O–H groups in total.